The number of aryl methyl sites for hydroxylation is 1. The van der Waals surface area contributed by atoms with Gasteiger partial charge in [0.25, 0.3) is 0 Å². The number of benzene rings is 1. The molecule has 0 aliphatic rings. The zero-order valence-corrected chi connectivity index (χ0v) is 9.17. The Labute approximate surface area is 86.0 Å². The second-order valence-electron chi connectivity index (χ2n) is 3.99. The molecule has 0 amide bonds. The van der Waals surface area contributed by atoms with Gasteiger partial charge in [0.1, 0.15) is 0 Å². The van der Waals surface area contributed by atoms with Crippen molar-refractivity contribution >= 4 is 0 Å². The summed E-state index contributed by atoms with van der Waals surface area (Å²) in [5.41, 5.74) is 1.48. The van der Waals surface area contributed by atoms with E-state index < -0.39 is 5.60 Å². The molecule has 2 heteroatoms. The fourth-order valence-corrected chi connectivity index (χ4v) is 1.43. The van der Waals surface area contributed by atoms with Gasteiger partial charge < -0.3 is 10.4 Å². The lowest BCUT2D eigenvalue weighted by molar-refractivity contribution is 0.0485. The van der Waals surface area contributed by atoms with Crippen LogP contribution < -0.4 is 5.32 Å². The first kappa shape index (κ1) is 11.2. The van der Waals surface area contributed by atoms with E-state index >= 15 is 0 Å². The zero-order valence-electron chi connectivity index (χ0n) is 9.17. The molecule has 1 rings (SSSR count). The zero-order chi connectivity index (χ0) is 10.6. The Balaban J connectivity index is 2.75. The molecule has 0 aliphatic heterocycles. The van der Waals surface area contributed by atoms with Crippen molar-refractivity contribution < 1.29 is 5.11 Å². The van der Waals surface area contributed by atoms with Gasteiger partial charge in [-0.1, -0.05) is 29.8 Å². The summed E-state index contributed by atoms with van der Waals surface area (Å²) in [7, 11) is 1.89. The number of nitrogens with one attached hydrogen (secondary N) is 1. The maximum atomic E-state index is 10.2. The molecule has 1 aromatic carbocycles. The van der Waals surface area contributed by atoms with Crippen LogP contribution in [0.1, 0.15) is 24.5 Å². The third-order valence-corrected chi connectivity index (χ3v) is 2.54. The number of rotatable bonds is 4. The van der Waals surface area contributed by atoms with Crippen molar-refractivity contribution in [2.45, 2.75) is 25.9 Å². The molecule has 0 fully saturated rings. The topological polar surface area (TPSA) is 32.3 Å². The van der Waals surface area contributed by atoms with Crippen LogP contribution in [0.15, 0.2) is 24.3 Å². The van der Waals surface area contributed by atoms with Crippen molar-refractivity contribution in [3.05, 3.63) is 35.4 Å². The first-order chi connectivity index (χ1) is 6.56. The van der Waals surface area contributed by atoms with E-state index in [4.69, 9.17) is 0 Å². The number of hydrogen-bond donors (Lipinski definition) is 2. The third kappa shape index (κ3) is 2.82. The number of aliphatic hydroxyl groups is 1. The SMILES string of the molecule is CNCCC(C)(O)c1ccc(C)cc1. The lowest BCUT2D eigenvalue weighted by Gasteiger charge is -2.23. The molecule has 2 N–H and O–H groups in total. The van der Waals surface area contributed by atoms with Gasteiger partial charge in [0, 0.05) is 0 Å². The Morgan fingerprint density at radius 2 is 1.86 bits per heavy atom. The second kappa shape index (κ2) is 4.58. The molecule has 2 nitrogen and oxygen atoms in total. The maximum absolute atomic E-state index is 10.2. The summed E-state index contributed by atoms with van der Waals surface area (Å²) in [6, 6.07) is 8.04. The Hall–Kier alpha value is -0.860. The molecule has 0 bridgehead atoms. The van der Waals surface area contributed by atoms with Gasteiger partial charge in [-0.25, -0.2) is 0 Å². The Morgan fingerprint density at radius 1 is 1.29 bits per heavy atom. The minimum absolute atomic E-state index is 0.725. The average Bonchev–Trinajstić information content (AvgIpc) is 2.16. The van der Waals surface area contributed by atoms with E-state index in [9.17, 15) is 5.11 Å². The van der Waals surface area contributed by atoms with Crippen molar-refractivity contribution in [1.29, 1.82) is 0 Å². The van der Waals surface area contributed by atoms with E-state index in [1.807, 2.05) is 45.2 Å². The van der Waals surface area contributed by atoms with E-state index in [0.29, 0.717) is 0 Å². The molecule has 0 saturated heterocycles. The second-order valence-corrected chi connectivity index (χ2v) is 3.99. The predicted octanol–water partition coefficient (Wildman–Crippen LogP) is 1.81. The lowest BCUT2D eigenvalue weighted by Crippen LogP contribution is -2.26. The fourth-order valence-electron chi connectivity index (χ4n) is 1.43. The van der Waals surface area contributed by atoms with E-state index in [-0.39, 0.29) is 0 Å². The number of hydrogen-bond acceptors (Lipinski definition) is 2. The van der Waals surface area contributed by atoms with Crippen LogP contribution in [0, 0.1) is 6.92 Å². The minimum Gasteiger partial charge on any atom is -0.385 e. The molecule has 1 unspecified atom stereocenters. The van der Waals surface area contributed by atoms with Crippen molar-refractivity contribution in [3.8, 4) is 0 Å². The Morgan fingerprint density at radius 3 is 2.36 bits per heavy atom. The largest absolute Gasteiger partial charge is 0.385 e. The van der Waals surface area contributed by atoms with Crippen LogP contribution in [0.4, 0.5) is 0 Å². The first-order valence-electron chi connectivity index (χ1n) is 5.00. The standard InChI is InChI=1S/C12H19NO/c1-10-4-6-11(7-5-10)12(2,14)8-9-13-3/h4-7,13-14H,8-9H2,1-3H3. The van der Waals surface area contributed by atoms with Gasteiger partial charge in [-0.15, -0.1) is 0 Å². The highest BCUT2D eigenvalue weighted by molar-refractivity contribution is 5.25. The summed E-state index contributed by atoms with van der Waals surface area (Å²) in [4.78, 5) is 0. The maximum Gasteiger partial charge on any atom is 0.0880 e. The van der Waals surface area contributed by atoms with Gasteiger partial charge in [0.2, 0.25) is 0 Å². The van der Waals surface area contributed by atoms with E-state index in [1.165, 1.54) is 5.56 Å². The quantitative estimate of drug-likeness (QED) is 0.764. The summed E-state index contributed by atoms with van der Waals surface area (Å²) in [6.45, 7) is 4.72. The van der Waals surface area contributed by atoms with Gasteiger partial charge >= 0.3 is 0 Å². The summed E-state index contributed by atoms with van der Waals surface area (Å²) < 4.78 is 0. The summed E-state index contributed by atoms with van der Waals surface area (Å²) in [5, 5.41) is 13.2. The van der Waals surface area contributed by atoms with Crippen molar-refractivity contribution in [3.63, 3.8) is 0 Å². The van der Waals surface area contributed by atoms with Crippen molar-refractivity contribution in [2.75, 3.05) is 13.6 Å². The van der Waals surface area contributed by atoms with Gasteiger partial charge in [0.15, 0.2) is 0 Å². The molecule has 0 aromatic heterocycles. The van der Waals surface area contributed by atoms with Crippen LogP contribution in [0.5, 0.6) is 0 Å². The Bertz CT molecular complexity index is 277. The van der Waals surface area contributed by atoms with E-state index in [2.05, 4.69) is 5.32 Å². The molecular formula is C12H19NO. The molecule has 0 heterocycles. The van der Waals surface area contributed by atoms with Crippen LogP contribution in [-0.4, -0.2) is 18.7 Å². The highest BCUT2D eigenvalue weighted by atomic mass is 16.3. The molecule has 0 spiro atoms. The first-order valence-corrected chi connectivity index (χ1v) is 5.00. The van der Waals surface area contributed by atoms with E-state index in [1.54, 1.807) is 0 Å². The predicted molar refractivity (Wildman–Crippen MR) is 59.3 cm³/mol. The average molecular weight is 193 g/mol. The lowest BCUT2D eigenvalue weighted by atomic mass is 9.92. The van der Waals surface area contributed by atoms with Gasteiger partial charge in [-0.2, -0.15) is 0 Å². The van der Waals surface area contributed by atoms with Crippen LogP contribution in [0.2, 0.25) is 0 Å². The molecule has 0 aliphatic carbocycles. The van der Waals surface area contributed by atoms with Crippen molar-refractivity contribution in [1.82, 2.24) is 5.32 Å². The molecule has 14 heavy (non-hydrogen) atoms. The van der Waals surface area contributed by atoms with E-state index in [0.717, 1.165) is 18.5 Å². The Kier molecular flexibility index (Phi) is 3.67. The van der Waals surface area contributed by atoms with Crippen LogP contribution in [-0.2, 0) is 5.60 Å². The normalized spacial score (nSPS) is 15.1. The third-order valence-electron chi connectivity index (χ3n) is 2.54. The monoisotopic (exact) mass is 193 g/mol. The minimum atomic E-state index is -0.725. The summed E-state index contributed by atoms with van der Waals surface area (Å²) >= 11 is 0. The van der Waals surface area contributed by atoms with Crippen molar-refractivity contribution in [2.24, 2.45) is 0 Å². The van der Waals surface area contributed by atoms with Gasteiger partial charge in [-0.05, 0) is 39.4 Å². The van der Waals surface area contributed by atoms with Crippen LogP contribution in [0.3, 0.4) is 0 Å². The smallest absolute Gasteiger partial charge is 0.0880 e. The van der Waals surface area contributed by atoms with Crippen LogP contribution in [0.25, 0.3) is 0 Å². The van der Waals surface area contributed by atoms with Crippen LogP contribution >= 0.6 is 0 Å². The summed E-state index contributed by atoms with van der Waals surface area (Å²) in [5.74, 6) is 0. The molecular weight excluding hydrogens is 174 g/mol. The molecule has 0 saturated carbocycles. The molecule has 0 radical (unpaired) electrons. The highest BCUT2D eigenvalue weighted by Crippen LogP contribution is 2.23. The summed E-state index contributed by atoms with van der Waals surface area (Å²) in [6.07, 6.45) is 0.729. The van der Waals surface area contributed by atoms with Gasteiger partial charge in [-0.3, -0.25) is 0 Å². The molecule has 78 valence electrons. The molecule has 1 atom stereocenters. The van der Waals surface area contributed by atoms with Gasteiger partial charge in [0.05, 0.1) is 5.60 Å². The molecule has 1 aromatic rings. The fraction of sp³-hybridized carbons (Fsp3) is 0.500. The highest BCUT2D eigenvalue weighted by Gasteiger charge is 2.21.